The van der Waals surface area contributed by atoms with Crippen molar-refractivity contribution in [1.29, 1.82) is 0 Å². The molecule has 9 heteroatoms. The summed E-state index contributed by atoms with van der Waals surface area (Å²) in [6, 6.07) is 5.21. The van der Waals surface area contributed by atoms with Gasteiger partial charge in [-0.2, -0.15) is 16.7 Å². The molecule has 2 heterocycles. The molecule has 0 radical (unpaired) electrons. The quantitative estimate of drug-likeness (QED) is 0.490. The van der Waals surface area contributed by atoms with Gasteiger partial charge in [-0.1, -0.05) is 47.6 Å². The van der Waals surface area contributed by atoms with Gasteiger partial charge in [0.25, 0.3) is 0 Å². The zero-order valence-corrected chi connectivity index (χ0v) is 20.5. The Kier molecular flexibility index (Phi) is 8.75. The van der Waals surface area contributed by atoms with E-state index in [1.165, 1.54) is 32.1 Å². The van der Waals surface area contributed by atoms with E-state index in [2.05, 4.69) is 20.4 Å². The molecule has 1 saturated heterocycles. The van der Waals surface area contributed by atoms with Gasteiger partial charge < -0.3 is 9.84 Å². The second-order valence-electron chi connectivity index (χ2n) is 8.61. The summed E-state index contributed by atoms with van der Waals surface area (Å²) in [5.74, 6) is 2.32. The maximum Gasteiger partial charge on any atom is 0.241 e. The van der Waals surface area contributed by atoms with E-state index in [0.717, 1.165) is 43.5 Å². The average Bonchev–Trinajstić information content (AvgIpc) is 3.26. The summed E-state index contributed by atoms with van der Waals surface area (Å²) in [5, 5.41) is 9.06. The number of hydrogen-bond donors (Lipinski definition) is 1. The van der Waals surface area contributed by atoms with Crippen molar-refractivity contribution in [2.45, 2.75) is 56.7 Å². The average molecular weight is 497 g/mol. The molecule has 1 aromatic carbocycles. The van der Waals surface area contributed by atoms with E-state index in [-0.39, 0.29) is 11.8 Å². The number of rotatable bonds is 8. The minimum absolute atomic E-state index is 0.0945. The van der Waals surface area contributed by atoms with Crippen LogP contribution in [0, 0.1) is 5.92 Å². The van der Waals surface area contributed by atoms with Crippen molar-refractivity contribution in [2.75, 3.05) is 25.4 Å². The van der Waals surface area contributed by atoms with Crippen molar-refractivity contribution in [3.05, 3.63) is 34.1 Å². The summed E-state index contributed by atoms with van der Waals surface area (Å²) in [6.07, 6.45) is 8.50. The van der Waals surface area contributed by atoms with Crippen molar-refractivity contribution in [3.8, 4) is 11.4 Å². The van der Waals surface area contributed by atoms with Crippen LogP contribution in [0.15, 0.2) is 22.7 Å². The number of amides is 1. The topological polar surface area (TPSA) is 71.3 Å². The number of hydrogen-bond acceptors (Lipinski definition) is 6. The zero-order valence-electron chi connectivity index (χ0n) is 18.2. The number of thioether (sulfide) groups is 1. The van der Waals surface area contributed by atoms with E-state index in [1.807, 2.05) is 11.8 Å². The Morgan fingerprint density at radius 3 is 2.69 bits per heavy atom. The molecule has 0 unspecified atom stereocenters. The molecule has 1 aliphatic carbocycles. The molecule has 0 bridgehead atoms. The molecule has 2 aromatic rings. The van der Waals surface area contributed by atoms with Crippen molar-refractivity contribution < 1.29 is 9.32 Å². The Bertz CT molecular complexity index is 896. The van der Waals surface area contributed by atoms with Crippen LogP contribution in [0.5, 0.6) is 0 Å². The second kappa shape index (κ2) is 11.7. The molecular formula is C23H30Cl2N4O2S. The van der Waals surface area contributed by atoms with E-state index in [4.69, 9.17) is 27.7 Å². The summed E-state index contributed by atoms with van der Waals surface area (Å²) in [5.41, 5.74) is 0.697. The molecule has 1 saturated carbocycles. The smallest absolute Gasteiger partial charge is 0.241 e. The maximum atomic E-state index is 12.5. The first kappa shape index (κ1) is 23.9. The molecule has 174 valence electrons. The maximum absolute atomic E-state index is 12.5. The summed E-state index contributed by atoms with van der Waals surface area (Å²) in [4.78, 5) is 19.3. The third kappa shape index (κ3) is 6.62. The molecule has 1 N–H and O–H groups in total. The summed E-state index contributed by atoms with van der Waals surface area (Å²) in [7, 11) is 0. The highest BCUT2D eigenvalue weighted by Gasteiger charge is 2.26. The van der Waals surface area contributed by atoms with Gasteiger partial charge in [0.15, 0.2) is 0 Å². The molecule has 0 spiro atoms. The van der Waals surface area contributed by atoms with E-state index < -0.39 is 0 Å². The van der Waals surface area contributed by atoms with Crippen LogP contribution >= 0.6 is 35.0 Å². The minimum atomic E-state index is 0.0945. The lowest BCUT2D eigenvalue weighted by Gasteiger charge is -2.30. The monoisotopic (exact) mass is 496 g/mol. The lowest BCUT2D eigenvalue weighted by atomic mass is 9.96. The fourth-order valence-electron chi connectivity index (χ4n) is 4.42. The van der Waals surface area contributed by atoms with Crippen LogP contribution in [0.25, 0.3) is 11.4 Å². The molecule has 32 heavy (non-hydrogen) atoms. The largest absolute Gasteiger partial charge is 0.355 e. The van der Waals surface area contributed by atoms with Crippen LogP contribution in [-0.2, 0) is 11.3 Å². The van der Waals surface area contributed by atoms with Crippen molar-refractivity contribution in [3.63, 3.8) is 0 Å². The molecule has 2 fully saturated rings. The van der Waals surface area contributed by atoms with Crippen molar-refractivity contribution >= 4 is 40.9 Å². The highest BCUT2D eigenvalue weighted by Crippen LogP contribution is 2.29. The molecular weight excluding hydrogens is 467 g/mol. The number of aromatic nitrogens is 2. The number of carbonyl (C=O) groups excluding carboxylic acids is 1. The lowest BCUT2D eigenvalue weighted by molar-refractivity contribution is -0.126. The van der Waals surface area contributed by atoms with Gasteiger partial charge in [0.05, 0.1) is 11.6 Å². The van der Waals surface area contributed by atoms with Crippen molar-refractivity contribution in [2.24, 2.45) is 5.92 Å². The number of nitrogens with one attached hydrogen (secondary N) is 1. The normalized spacial score (nSPS) is 18.7. The number of carbonyl (C=O) groups is 1. The van der Waals surface area contributed by atoms with Crippen LogP contribution in [-0.4, -0.2) is 51.6 Å². The second-order valence-corrected chi connectivity index (χ2v) is 10.9. The van der Waals surface area contributed by atoms with E-state index in [0.29, 0.717) is 33.9 Å². The van der Waals surface area contributed by atoms with Gasteiger partial charge in [-0.15, -0.1) is 0 Å². The molecule has 4 rings (SSSR count). The fourth-order valence-corrected chi connectivity index (χ4v) is 6.13. The summed E-state index contributed by atoms with van der Waals surface area (Å²) in [6.45, 7) is 3.03. The van der Waals surface area contributed by atoms with Gasteiger partial charge in [0, 0.05) is 34.1 Å². The first-order valence-corrected chi connectivity index (χ1v) is 13.3. The number of nitrogens with zero attached hydrogens (tertiary/aromatic N) is 3. The van der Waals surface area contributed by atoms with E-state index in [9.17, 15) is 4.79 Å². The minimum Gasteiger partial charge on any atom is -0.355 e. The van der Waals surface area contributed by atoms with Gasteiger partial charge >= 0.3 is 0 Å². The Balaban J connectivity index is 1.17. The number of likely N-dealkylation sites (tertiary alicyclic amines) is 1. The van der Waals surface area contributed by atoms with Crippen LogP contribution < -0.4 is 5.32 Å². The van der Waals surface area contributed by atoms with Gasteiger partial charge in [-0.05, 0) is 57.0 Å². The fraction of sp³-hybridized carbons (Fsp3) is 0.609. The van der Waals surface area contributed by atoms with Crippen molar-refractivity contribution in [1.82, 2.24) is 20.4 Å². The van der Waals surface area contributed by atoms with E-state index in [1.54, 1.807) is 18.2 Å². The van der Waals surface area contributed by atoms with Crippen LogP contribution in [0.2, 0.25) is 10.0 Å². The van der Waals surface area contributed by atoms with Crippen LogP contribution in [0.4, 0.5) is 0 Å². The SMILES string of the molecule is O=C(NCCSC1CCCCC1)C1CCN(Cc2nc(-c3ccc(Cl)cc3Cl)no2)CC1. The number of piperidine rings is 1. The first-order valence-electron chi connectivity index (χ1n) is 11.5. The molecule has 1 aromatic heterocycles. The Morgan fingerprint density at radius 1 is 1.16 bits per heavy atom. The standard InChI is InChI=1S/C23H30Cl2N4O2S/c24-17-6-7-19(20(25)14-17)22-27-21(31-28-22)15-29-11-8-16(9-12-29)23(30)26-10-13-32-18-4-2-1-3-5-18/h6-7,14,16,18H,1-5,8-13,15H2,(H,26,30). The summed E-state index contributed by atoms with van der Waals surface area (Å²) < 4.78 is 5.42. The third-order valence-electron chi connectivity index (χ3n) is 6.26. The van der Waals surface area contributed by atoms with Gasteiger partial charge in [0.1, 0.15) is 0 Å². The van der Waals surface area contributed by atoms with Gasteiger partial charge in [-0.3, -0.25) is 9.69 Å². The lowest BCUT2D eigenvalue weighted by Crippen LogP contribution is -2.40. The number of halogens is 2. The predicted molar refractivity (Wildman–Crippen MR) is 130 cm³/mol. The highest BCUT2D eigenvalue weighted by molar-refractivity contribution is 7.99. The summed E-state index contributed by atoms with van der Waals surface area (Å²) >= 11 is 14.2. The van der Waals surface area contributed by atoms with Crippen LogP contribution in [0.1, 0.15) is 50.8 Å². The highest BCUT2D eigenvalue weighted by atomic mass is 35.5. The number of benzene rings is 1. The Hall–Kier alpha value is -1.28. The van der Waals surface area contributed by atoms with E-state index >= 15 is 0 Å². The van der Waals surface area contributed by atoms with Crippen LogP contribution in [0.3, 0.4) is 0 Å². The molecule has 6 nitrogen and oxygen atoms in total. The molecule has 1 amide bonds. The first-order chi connectivity index (χ1) is 15.6. The molecule has 2 aliphatic rings. The Labute approximate surface area is 203 Å². The third-order valence-corrected chi connectivity index (χ3v) is 8.19. The van der Waals surface area contributed by atoms with Gasteiger partial charge in [-0.25, -0.2) is 0 Å². The molecule has 0 atom stereocenters. The predicted octanol–water partition coefficient (Wildman–Crippen LogP) is 5.44. The van der Waals surface area contributed by atoms with Gasteiger partial charge in [0.2, 0.25) is 17.6 Å². The molecule has 1 aliphatic heterocycles. The zero-order chi connectivity index (χ0) is 22.3. The Morgan fingerprint density at radius 2 is 1.94 bits per heavy atom.